The Morgan fingerprint density at radius 3 is 2.56 bits per heavy atom. The molecule has 0 spiro atoms. The number of benzene rings is 1. The first kappa shape index (κ1) is 17.3. The van der Waals surface area contributed by atoms with Crippen LogP contribution in [0, 0.1) is 0 Å². The lowest BCUT2D eigenvalue weighted by atomic mass is 10.1. The van der Waals surface area contributed by atoms with Gasteiger partial charge in [0.2, 0.25) is 10.0 Å². The molecule has 0 unspecified atom stereocenters. The van der Waals surface area contributed by atoms with Crippen molar-refractivity contribution in [2.24, 2.45) is 0 Å². The van der Waals surface area contributed by atoms with E-state index >= 15 is 0 Å². The number of fused-ring (bicyclic) bond motifs is 1. The molecule has 0 aliphatic carbocycles. The molecule has 2 heterocycles. The molecule has 9 heteroatoms. The van der Waals surface area contributed by atoms with Gasteiger partial charge in [0.25, 0.3) is 0 Å². The molecule has 2 aromatic heterocycles. The number of sulfonamides is 1. The molecule has 0 bridgehead atoms. The largest absolute Gasteiger partial charge is 0.368 e. The molecule has 0 radical (unpaired) electrons. The van der Waals surface area contributed by atoms with E-state index in [1.165, 1.54) is 5.56 Å². The van der Waals surface area contributed by atoms with Crippen molar-refractivity contribution in [2.45, 2.75) is 12.8 Å². The number of hydrogen-bond donors (Lipinski definition) is 2. The van der Waals surface area contributed by atoms with E-state index in [9.17, 15) is 8.42 Å². The van der Waals surface area contributed by atoms with Crippen LogP contribution in [0.1, 0.15) is 11.4 Å². The lowest BCUT2D eigenvalue weighted by molar-refractivity contribution is 0.586. The van der Waals surface area contributed by atoms with Crippen molar-refractivity contribution < 1.29 is 8.42 Å². The van der Waals surface area contributed by atoms with E-state index in [0.717, 1.165) is 25.0 Å². The van der Waals surface area contributed by atoms with Crippen LogP contribution < -0.4 is 10.0 Å². The van der Waals surface area contributed by atoms with Crippen LogP contribution in [0.15, 0.2) is 42.5 Å². The van der Waals surface area contributed by atoms with Crippen LogP contribution in [0.25, 0.3) is 5.65 Å². The molecule has 0 saturated heterocycles. The summed E-state index contributed by atoms with van der Waals surface area (Å²) < 4.78 is 26.3. The Morgan fingerprint density at radius 2 is 1.80 bits per heavy atom. The Morgan fingerprint density at radius 1 is 1.00 bits per heavy atom. The lowest BCUT2D eigenvalue weighted by Crippen LogP contribution is -2.25. The van der Waals surface area contributed by atoms with Crippen molar-refractivity contribution in [3.8, 4) is 0 Å². The SMILES string of the molecule is CS(=O)(=O)NCCc1nnc2ccc(NCCc3ccccc3)nn12. The van der Waals surface area contributed by atoms with E-state index in [4.69, 9.17) is 0 Å². The minimum atomic E-state index is -3.22. The van der Waals surface area contributed by atoms with Crippen LogP contribution in [0.4, 0.5) is 5.82 Å². The summed E-state index contributed by atoms with van der Waals surface area (Å²) in [6, 6.07) is 13.9. The van der Waals surface area contributed by atoms with Crippen LogP contribution in [-0.2, 0) is 22.9 Å². The van der Waals surface area contributed by atoms with Gasteiger partial charge in [-0.15, -0.1) is 15.3 Å². The van der Waals surface area contributed by atoms with Crippen molar-refractivity contribution >= 4 is 21.5 Å². The molecule has 0 aliphatic rings. The summed E-state index contributed by atoms with van der Waals surface area (Å²) >= 11 is 0. The monoisotopic (exact) mass is 360 g/mol. The number of nitrogens with zero attached hydrogens (tertiary/aromatic N) is 4. The summed E-state index contributed by atoms with van der Waals surface area (Å²) in [7, 11) is -3.22. The van der Waals surface area contributed by atoms with Gasteiger partial charge in [0.15, 0.2) is 11.5 Å². The summed E-state index contributed by atoms with van der Waals surface area (Å²) in [5.74, 6) is 1.33. The summed E-state index contributed by atoms with van der Waals surface area (Å²) in [4.78, 5) is 0. The Balaban J connectivity index is 1.63. The molecular formula is C16H20N6O2S. The first-order valence-electron chi connectivity index (χ1n) is 7.95. The summed E-state index contributed by atoms with van der Waals surface area (Å²) in [6.45, 7) is 1.02. The Bertz CT molecular complexity index is 940. The van der Waals surface area contributed by atoms with Gasteiger partial charge in [0, 0.05) is 19.5 Å². The second-order valence-corrected chi connectivity index (χ2v) is 7.52. The second kappa shape index (κ2) is 7.58. The number of rotatable bonds is 8. The van der Waals surface area contributed by atoms with Crippen molar-refractivity contribution in [1.29, 1.82) is 0 Å². The predicted molar refractivity (Wildman–Crippen MR) is 96.0 cm³/mol. The van der Waals surface area contributed by atoms with E-state index in [2.05, 4.69) is 37.5 Å². The molecule has 0 amide bonds. The first-order chi connectivity index (χ1) is 12.0. The lowest BCUT2D eigenvalue weighted by Gasteiger charge is -2.06. The number of hydrogen-bond acceptors (Lipinski definition) is 6. The van der Waals surface area contributed by atoms with Crippen LogP contribution in [0.3, 0.4) is 0 Å². The third kappa shape index (κ3) is 4.97. The van der Waals surface area contributed by atoms with Crippen molar-refractivity contribution in [3.63, 3.8) is 0 Å². The second-order valence-electron chi connectivity index (χ2n) is 5.68. The predicted octanol–water partition coefficient (Wildman–Crippen LogP) is 0.871. The molecular weight excluding hydrogens is 340 g/mol. The standard InChI is InChI=1S/C16H20N6O2S/c1-25(23,24)18-12-10-16-20-19-15-8-7-14(21-22(15)16)17-11-9-13-5-3-2-4-6-13/h2-8,18H,9-12H2,1H3,(H,17,21). The van der Waals surface area contributed by atoms with Gasteiger partial charge in [-0.2, -0.15) is 4.52 Å². The van der Waals surface area contributed by atoms with Crippen LogP contribution >= 0.6 is 0 Å². The zero-order valence-electron chi connectivity index (χ0n) is 13.9. The zero-order chi connectivity index (χ0) is 17.7. The summed E-state index contributed by atoms with van der Waals surface area (Å²) in [5.41, 5.74) is 1.89. The average Bonchev–Trinajstić information content (AvgIpc) is 2.97. The van der Waals surface area contributed by atoms with Gasteiger partial charge in [-0.05, 0) is 24.1 Å². The maximum Gasteiger partial charge on any atom is 0.208 e. The minimum absolute atomic E-state index is 0.257. The molecule has 2 N–H and O–H groups in total. The smallest absolute Gasteiger partial charge is 0.208 e. The summed E-state index contributed by atoms with van der Waals surface area (Å²) in [5, 5.41) is 15.9. The highest BCUT2D eigenvalue weighted by Gasteiger charge is 2.09. The highest BCUT2D eigenvalue weighted by atomic mass is 32.2. The molecule has 0 atom stereocenters. The van der Waals surface area contributed by atoms with Crippen molar-refractivity contribution in [3.05, 3.63) is 53.9 Å². The van der Waals surface area contributed by atoms with Gasteiger partial charge in [-0.25, -0.2) is 13.1 Å². The maximum absolute atomic E-state index is 11.1. The van der Waals surface area contributed by atoms with Gasteiger partial charge in [0.05, 0.1) is 6.26 Å². The van der Waals surface area contributed by atoms with Crippen molar-refractivity contribution in [2.75, 3.05) is 24.7 Å². The fraction of sp³-hybridized carbons (Fsp3) is 0.312. The van der Waals surface area contributed by atoms with E-state index in [0.29, 0.717) is 17.9 Å². The fourth-order valence-electron chi connectivity index (χ4n) is 2.41. The van der Waals surface area contributed by atoms with E-state index in [1.54, 1.807) is 4.52 Å². The Labute approximate surface area is 146 Å². The third-order valence-corrected chi connectivity index (χ3v) is 4.33. The van der Waals surface area contributed by atoms with Gasteiger partial charge >= 0.3 is 0 Å². The maximum atomic E-state index is 11.1. The van der Waals surface area contributed by atoms with E-state index < -0.39 is 10.0 Å². The zero-order valence-corrected chi connectivity index (χ0v) is 14.7. The van der Waals surface area contributed by atoms with E-state index in [1.807, 2.05) is 30.3 Å². The molecule has 25 heavy (non-hydrogen) atoms. The minimum Gasteiger partial charge on any atom is -0.368 e. The highest BCUT2D eigenvalue weighted by molar-refractivity contribution is 7.88. The molecule has 8 nitrogen and oxygen atoms in total. The summed E-state index contributed by atoms with van der Waals surface area (Å²) in [6.07, 6.45) is 2.44. The molecule has 0 saturated carbocycles. The number of anilines is 1. The molecule has 0 aliphatic heterocycles. The highest BCUT2D eigenvalue weighted by Crippen LogP contribution is 2.08. The van der Waals surface area contributed by atoms with Crippen LogP contribution in [-0.4, -0.2) is 47.6 Å². The number of nitrogens with one attached hydrogen (secondary N) is 2. The molecule has 1 aromatic carbocycles. The van der Waals surface area contributed by atoms with Gasteiger partial charge in [0.1, 0.15) is 5.82 Å². The van der Waals surface area contributed by atoms with Gasteiger partial charge < -0.3 is 5.32 Å². The molecule has 132 valence electrons. The molecule has 0 fully saturated rings. The average molecular weight is 360 g/mol. The van der Waals surface area contributed by atoms with Crippen molar-refractivity contribution in [1.82, 2.24) is 24.5 Å². The third-order valence-electron chi connectivity index (χ3n) is 3.60. The topological polar surface area (TPSA) is 101 Å². The molecule has 3 aromatic rings. The molecule has 3 rings (SSSR count). The normalized spacial score (nSPS) is 11.7. The fourth-order valence-corrected chi connectivity index (χ4v) is 2.88. The Kier molecular flexibility index (Phi) is 5.25. The van der Waals surface area contributed by atoms with Gasteiger partial charge in [-0.1, -0.05) is 30.3 Å². The van der Waals surface area contributed by atoms with Crippen LogP contribution in [0.5, 0.6) is 0 Å². The Hall–Kier alpha value is -2.52. The van der Waals surface area contributed by atoms with Crippen LogP contribution in [0.2, 0.25) is 0 Å². The quantitative estimate of drug-likeness (QED) is 0.618. The van der Waals surface area contributed by atoms with E-state index in [-0.39, 0.29) is 6.54 Å². The first-order valence-corrected chi connectivity index (χ1v) is 9.84. The number of aromatic nitrogens is 4. The van der Waals surface area contributed by atoms with Gasteiger partial charge in [-0.3, -0.25) is 0 Å².